The molecule has 0 spiro atoms. The molecule has 0 aliphatic rings. The van der Waals surface area contributed by atoms with E-state index in [-0.39, 0.29) is 11.8 Å². The van der Waals surface area contributed by atoms with E-state index < -0.39 is 0 Å². The number of carbonyl (C=O) groups is 1. The van der Waals surface area contributed by atoms with Gasteiger partial charge in [0.25, 0.3) is 0 Å². The molecule has 2 aromatic carbocycles. The first-order valence-electron chi connectivity index (χ1n) is 9.59. The Bertz CT molecular complexity index is 914. The second kappa shape index (κ2) is 8.76. The smallest absolute Gasteiger partial charge is 0.220 e. The van der Waals surface area contributed by atoms with Crippen LogP contribution in [-0.4, -0.2) is 24.1 Å². The van der Waals surface area contributed by atoms with Crippen LogP contribution in [0.15, 0.2) is 54.7 Å². The Morgan fingerprint density at radius 1 is 1.11 bits per heavy atom. The van der Waals surface area contributed by atoms with Crippen molar-refractivity contribution < 1.29 is 9.53 Å². The molecule has 3 rings (SSSR count). The third kappa shape index (κ3) is 4.16. The molecule has 0 aliphatic heterocycles. The number of aromatic nitrogens is 1. The molecule has 142 valence electrons. The number of para-hydroxylation sites is 2. The lowest BCUT2D eigenvalue weighted by Gasteiger charge is -2.20. The van der Waals surface area contributed by atoms with Crippen LogP contribution in [0.1, 0.15) is 43.2 Å². The quantitative estimate of drug-likeness (QED) is 0.593. The molecule has 1 amide bonds. The summed E-state index contributed by atoms with van der Waals surface area (Å²) in [6.07, 6.45) is 4.61. The summed E-state index contributed by atoms with van der Waals surface area (Å²) in [6, 6.07) is 16.3. The highest BCUT2D eigenvalue weighted by molar-refractivity contribution is 5.86. The molecule has 0 saturated carbocycles. The fraction of sp³-hybridized carbons (Fsp3) is 0.348. The van der Waals surface area contributed by atoms with Crippen LogP contribution in [0.25, 0.3) is 10.9 Å². The van der Waals surface area contributed by atoms with Crippen molar-refractivity contribution in [1.29, 1.82) is 0 Å². The van der Waals surface area contributed by atoms with Crippen LogP contribution in [-0.2, 0) is 11.8 Å². The zero-order chi connectivity index (χ0) is 19.2. The molecule has 3 aromatic rings. The summed E-state index contributed by atoms with van der Waals surface area (Å²) >= 11 is 0. The molecule has 4 heteroatoms. The van der Waals surface area contributed by atoms with E-state index in [0.29, 0.717) is 6.42 Å². The minimum atomic E-state index is -0.0612. The van der Waals surface area contributed by atoms with Gasteiger partial charge >= 0.3 is 0 Å². The zero-order valence-electron chi connectivity index (χ0n) is 16.4. The van der Waals surface area contributed by atoms with Crippen LogP contribution in [0.2, 0.25) is 0 Å². The fourth-order valence-electron chi connectivity index (χ4n) is 3.65. The monoisotopic (exact) mass is 364 g/mol. The van der Waals surface area contributed by atoms with Gasteiger partial charge in [-0.25, -0.2) is 0 Å². The predicted molar refractivity (Wildman–Crippen MR) is 110 cm³/mol. The SMILES string of the molecule is CCCCNC(=O)C[C@H](c1ccccc1OC)c1cn(C)c2ccccc12. The van der Waals surface area contributed by atoms with Crippen LogP contribution in [0.5, 0.6) is 5.75 Å². The Balaban J connectivity index is 2.03. The third-order valence-corrected chi connectivity index (χ3v) is 5.06. The van der Waals surface area contributed by atoms with Crippen molar-refractivity contribution in [3.8, 4) is 5.75 Å². The topological polar surface area (TPSA) is 43.3 Å². The normalized spacial score (nSPS) is 12.1. The number of methoxy groups -OCH3 is 1. The van der Waals surface area contributed by atoms with Gasteiger partial charge in [-0.3, -0.25) is 4.79 Å². The lowest BCUT2D eigenvalue weighted by atomic mass is 9.87. The second-order valence-corrected chi connectivity index (χ2v) is 6.91. The Labute approximate surface area is 161 Å². The van der Waals surface area contributed by atoms with Gasteiger partial charge in [0.1, 0.15) is 5.75 Å². The van der Waals surface area contributed by atoms with Crippen LogP contribution in [0.3, 0.4) is 0 Å². The fourth-order valence-corrected chi connectivity index (χ4v) is 3.65. The van der Waals surface area contributed by atoms with Gasteiger partial charge in [-0.2, -0.15) is 0 Å². The van der Waals surface area contributed by atoms with Crippen molar-refractivity contribution in [3.05, 3.63) is 65.9 Å². The van der Waals surface area contributed by atoms with Gasteiger partial charge in [-0.05, 0) is 24.1 Å². The highest BCUT2D eigenvalue weighted by atomic mass is 16.5. The molecule has 0 radical (unpaired) electrons. The highest BCUT2D eigenvalue weighted by Crippen LogP contribution is 2.38. The second-order valence-electron chi connectivity index (χ2n) is 6.91. The maximum Gasteiger partial charge on any atom is 0.220 e. The molecule has 0 saturated heterocycles. The Hall–Kier alpha value is -2.75. The molecule has 0 aliphatic carbocycles. The number of amides is 1. The Kier molecular flexibility index (Phi) is 6.17. The van der Waals surface area contributed by atoms with Crippen molar-refractivity contribution in [3.63, 3.8) is 0 Å². The summed E-state index contributed by atoms with van der Waals surface area (Å²) in [7, 11) is 3.73. The van der Waals surface area contributed by atoms with Gasteiger partial charge in [0.15, 0.2) is 0 Å². The number of aryl methyl sites for hydroxylation is 1. The third-order valence-electron chi connectivity index (χ3n) is 5.06. The number of rotatable bonds is 8. The number of unbranched alkanes of at least 4 members (excludes halogenated alkanes) is 1. The average molecular weight is 364 g/mol. The van der Waals surface area contributed by atoms with Gasteiger partial charge in [0, 0.05) is 48.6 Å². The van der Waals surface area contributed by atoms with E-state index in [4.69, 9.17) is 4.74 Å². The van der Waals surface area contributed by atoms with Crippen molar-refractivity contribution in [2.45, 2.75) is 32.1 Å². The minimum absolute atomic E-state index is 0.0612. The number of hydrogen-bond donors (Lipinski definition) is 1. The lowest BCUT2D eigenvalue weighted by Crippen LogP contribution is -2.26. The largest absolute Gasteiger partial charge is 0.496 e. The number of benzene rings is 2. The van der Waals surface area contributed by atoms with Crippen molar-refractivity contribution in [2.24, 2.45) is 7.05 Å². The van der Waals surface area contributed by atoms with E-state index in [1.54, 1.807) is 7.11 Å². The molecule has 0 unspecified atom stereocenters. The van der Waals surface area contributed by atoms with Crippen LogP contribution < -0.4 is 10.1 Å². The molecule has 1 heterocycles. The van der Waals surface area contributed by atoms with E-state index >= 15 is 0 Å². The zero-order valence-corrected chi connectivity index (χ0v) is 16.4. The summed E-state index contributed by atoms with van der Waals surface area (Å²) in [6.45, 7) is 2.85. The van der Waals surface area contributed by atoms with Crippen LogP contribution in [0.4, 0.5) is 0 Å². The number of ether oxygens (including phenoxy) is 1. The van der Waals surface area contributed by atoms with E-state index in [1.807, 2.05) is 37.4 Å². The van der Waals surface area contributed by atoms with Gasteiger partial charge in [-0.15, -0.1) is 0 Å². The summed E-state index contributed by atoms with van der Waals surface area (Å²) in [5.74, 6) is 0.831. The lowest BCUT2D eigenvalue weighted by molar-refractivity contribution is -0.121. The molecular formula is C23H28N2O2. The Morgan fingerprint density at radius 3 is 2.63 bits per heavy atom. The van der Waals surface area contributed by atoms with Crippen molar-refractivity contribution in [1.82, 2.24) is 9.88 Å². The number of hydrogen-bond acceptors (Lipinski definition) is 2. The highest BCUT2D eigenvalue weighted by Gasteiger charge is 2.24. The summed E-state index contributed by atoms with van der Waals surface area (Å²) < 4.78 is 7.74. The van der Waals surface area contributed by atoms with E-state index in [1.165, 1.54) is 10.9 Å². The number of fused-ring (bicyclic) bond motifs is 1. The van der Waals surface area contributed by atoms with Crippen molar-refractivity contribution >= 4 is 16.8 Å². The molecule has 1 N–H and O–H groups in total. The first kappa shape index (κ1) is 19.0. The molecule has 0 fully saturated rings. The molecule has 4 nitrogen and oxygen atoms in total. The van der Waals surface area contributed by atoms with Gasteiger partial charge < -0.3 is 14.6 Å². The first-order chi connectivity index (χ1) is 13.2. The number of nitrogens with zero attached hydrogens (tertiary/aromatic N) is 1. The Morgan fingerprint density at radius 2 is 1.85 bits per heavy atom. The summed E-state index contributed by atoms with van der Waals surface area (Å²) in [5, 5.41) is 4.24. The van der Waals surface area contributed by atoms with Gasteiger partial charge in [-0.1, -0.05) is 49.7 Å². The van der Waals surface area contributed by atoms with Crippen LogP contribution in [0, 0.1) is 0 Å². The van der Waals surface area contributed by atoms with E-state index in [9.17, 15) is 4.79 Å². The van der Waals surface area contributed by atoms with E-state index in [0.717, 1.165) is 36.3 Å². The molecule has 27 heavy (non-hydrogen) atoms. The standard InChI is InChI=1S/C23H28N2O2/c1-4-5-14-24-23(26)15-19(18-11-7-9-13-22(18)27-3)20-16-25(2)21-12-8-6-10-17(20)21/h6-13,16,19H,4-5,14-15H2,1-3H3,(H,24,26)/t19-/m1/s1. The number of carbonyl (C=O) groups excluding carboxylic acids is 1. The maximum atomic E-state index is 12.7. The van der Waals surface area contributed by atoms with Gasteiger partial charge in [0.05, 0.1) is 7.11 Å². The molecule has 1 aromatic heterocycles. The van der Waals surface area contributed by atoms with Crippen molar-refractivity contribution in [2.75, 3.05) is 13.7 Å². The molecule has 0 bridgehead atoms. The first-order valence-corrected chi connectivity index (χ1v) is 9.59. The van der Waals surface area contributed by atoms with Crippen LogP contribution >= 0.6 is 0 Å². The van der Waals surface area contributed by atoms with Gasteiger partial charge in [0.2, 0.25) is 5.91 Å². The molecule has 1 atom stereocenters. The molecular weight excluding hydrogens is 336 g/mol. The predicted octanol–water partition coefficient (Wildman–Crippen LogP) is 4.63. The average Bonchev–Trinajstić information content (AvgIpc) is 3.03. The minimum Gasteiger partial charge on any atom is -0.496 e. The van der Waals surface area contributed by atoms with E-state index in [2.05, 4.69) is 41.2 Å². The maximum absolute atomic E-state index is 12.7. The number of nitrogens with one attached hydrogen (secondary N) is 1. The summed E-state index contributed by atoms with van der Waals surface area (Å²) in [5.41, 5.74) is 3.36. The summed E-state index contributed by atoms with van der Waals surface area (Å²) in [4.78, 5) is 12.7.